The molecule has 0 radical (unpaired) electrons. The molecule has 0 unspecified atom stereocenters. The van der Waals surface area contributed by atoms with Crippen LogP contribution >= 0.6 is 11.3 Å². The summed E-state index contributed by atoms with van der Waals surface area (Å²) < 4.78 is 1.62. The Bertz CT molecular complexity index is 390. The Labute approximate surface area is 73.7 Å². The molecule has 0 amide bonds. The van der Waals surface area contributed by atoms with Crippen LogP contribution in [-0.2, 0) is 0 Å². The lowest BCUT2D eigenvalue weighted by Crippen LogP contribution is -2.00. The molecule has 0 aliphatic carbocycles. The summed E-state index contributed by atoms with van der Waals surface area (Å²) in [4.78, 5) is 4.25. The van der Waals surface area contributed by atoms with Gasteiger partial charge in [-0.3, -0.25) is 0 Å². The van der Waals surface area contributed by atoms with Crippen molar-refractivity contribution in [2.24, 2.45) is 0 Å². The molecular weight excluding hydrogens is 172 g/mol. The standard InChI is InChI=1S/C7H8N4S/c1-5-4-12-7(10-5)11-6(8)2-3-9-11/h2-4H,8H2,1H3. The van der Waals surface area contributed by atoms with E-state index < -0.39 is 0 Å². The lowest BCUT2D eigenvalue weighted by molar-refractivity contribution is 0.875. The van der Waals surface area contributed by atoms with Gasteiger partial charge in [0, 0.05) is 11.4 Å². The SMILES string of the molecule is Cc1csc(-n2nccc2N)n1. The van der Waals surface area contributed by atoms with E-state index in [-0.39, 0.29) is 0 Å². The lowest BCUT2D eigenvalue weighted by atomic mass is 10.6. The Hall–Kier alpha value is -1.36. The number of nitrogens with two attached hydrogens (primary N) is 1. The molecule has 2 N–H and O–H groups in total. The van der Waals surface area contributed by atoms with Gasteiger partial charge in [-0.2, -0.15) is 9.78 Å². The third kappa shape index (κ3) is 1.08. The van der Waals surface area contributed by atoms with Crippen molar-refractivity contribution < 1.29 is 0 Å². The summed E-state index contributed by atoms with van der Waals surface area (Å²) in [5.74, 6) is 0.615. The van der Waals surface area contributed by atoms with Gasteiger partial charge in [0.25, 0.3) is 0 Å². The molecule has 0 aliphatic heterocycles. The normalized spacial score (nSPS) is 10.4. The molecule has 0 saturated heterocycles. The van der Waals surface area contributed by atoms with E-state index in [1.807, 2.05) is 12.3 Å². The summed E-state index contributed by atoms with van der Waals surface area (Å²) in [6.45, 7) is 1.94. The summed E-state index contributed by atoms with van der Waals surface area (Å²) in [5, 5.41) is 6.82. The van der Waals surface area contributed by atoms with Crippen LogP contribution in [0.2, 0.25) is 0 Å². The monoisotopic (exact) mass is 180 g/mol. The summed E-state index contributed by atoms with van der Waals surface area (Å²) >= 11 is 1.53. The fourth-order valence-corrected chi connectivity index (χ4v) is 1.69. The molecule has 0 fully saturated rings. The first-order valence-corrected chi connectivity index (χ1v) is 4.37. The first-order valence-electron chi connectivity index (χ1n) is 3.49. The Balaban J connectivity index is 2.50. The summed E-state index contributed by atoms with van der Waals surface area (Å²) in [7, 11) is 0. The van der Waals surface area contributed by atoms with Gasteiger partial charge >= 0.3 is 0 Å². The summed E-state index contributed by atoms with van der Waals surface area (Å²) in [6, 6.07) is 1.75. The molecule has 4 nitrogen and oxygen atoms in total. The van der Waals surface area contributed by atoms with Gasteiger partial charge in [-0.25, -0.2) is 4.98 Å². The highest BCUT2D eigenvalue weighted by Gasteiger charge is 2.04. The maximum Gasteiger partial charge on any atom is 0.212 e. The van der Waals surface area contributed by atoms with Crippen LogP contribution in [0.4, 0.5) is 5.82 Å². The number of thiazole rings is 1. The highest BCUT2D eigenvalue weighted by Crippen LogP contribution is 2.16. The molecule has 12 heavy (non-hydrogen) atoms. The highest BCUT2D eigenvalue weighted by atomic mass is 32.1. The number of hydrogen-bond donors (Lipinski definition) is 1. The molecule has 0 bridgehead atoms. The number of aromatic nitrogens is 3. The van der Waals surface area contributed by atoms with Crippen molar-refractivity contribution in [3.63, 3.8) is 0 Å². The van der Waals surface area contributed by atoms with Crippen molar-refractivity contribution in [3.8, 4) is 5.13 Å². The molecular formula is C7H8N4S. The average molecular weight is 180 g/mol. The van der Waals surface area contributed by atoms with E-state index >= 15 is 0 Å². The van der Waals surface area contributed by atoms with Crippen molar-refractivity contribution in [3.05, 3.63) is 23.3 Å². The number of hydrogen-bond acceptors (Lipinski definition) is 4. The number of rotatable bonds is 1. The van der Waals surface area contributed by atoms with E-state index in [9.17, 15) is 0 Å². The summed E-state index contributed by atoms with van der Waals surface area (Å²) in [5.41, 5.74) is 6.64. The second-order valence-electron chi connectivity index (χ2n) is 2.44. The molecule has 0 atom stereocenters. The van der Waals surface area contributed by atoms with Crippen LogP contribution in [-0.4, -0.2) is 14.8 Å². The number of nitrogen functional groups attached to an aromatic ring is 1. The number of anilines is 1. The minimum Gasteiger partial charge on any atom is -0.384 e. The molecule has 2 aromatic heterocycles. The minimum absolute atomic E-state index is 0.615. The van der Waals surface area contributed by atoms with Crippen LogP contribution in [0.25, 0.3) is 5.13 Å². The predicted molar refractivity (Wildman–Crippen MR) is 48.4 cm³/mol. The zero-order chi connectivity index (χ0) is 8.55. The van der Waals surface area contributed by atoms with Crippen molar-refractivity contribution in [1.82, 2.24) is 14.8 Å². The molecule has 0 saturated carbocycles. The fraction of sp³-hybridized carbons (Fsp3) is 0.143. The Morgan fingerprint density at radius 2 is 2.42 bits per heavy atom. The maximum absolute atomic E-state index is 5.65. The fourth-order valence-electron chi connectivity index (χ4n) is 0.912. The van der Waals surface area contributed by atoms with E-state index in [2.05, 4.69) is 10.1 Å². The van der Waals surface area contributed by atoms with Crippen molar-refractivity contribution >= 4 is 17.2 Å². The molecule has 0 aromatic carbocycles. The predicted octanol–water partition coefficient (Wildman–Crippen LogP) is 1.22. The van der Waals surface area contributed by atoms with Gasteiger partial charge in [0.1, 0.15) is 5.82 Å². The highest BCUT2D eigenvalue weighted by molar-refractivity contribution is 7.12. The molecule has 62 valence electrons. The topological polar surface area (TPSA) is 56.7 Å². The summed E-state index contributed by atoms with van der Waals surface area (Å²) in [6.07, 6.45) is 1.66. The van der Waals surface area contributed by atoms with Crippen molar-refractivity contribution in [2.45, 2.75) is 6.92 Å². The second kappa shape index (κ2) is 2.60. The molecule has 0 aliphatic rings. The van der Waals surface area contributed by atoms with Gasteiger partial charge in [-0.05, 0) is 6.92 Å². The molecule has 0 spiro atoms. The molecule has 2 aromatic rings. The molecule has 2 heterocycles. The number of nitrogens with zero attached hydrogens (tertiary/aromatic N) is 3. The van der Waals surface area contributed by atoms with Crippen LogP contribution in [0, 0.1) is 6.92 Å². The minimum atomic E-state index is 0.615. The zero-order valence-electron chi connectivity index (χ0n) is 6.56. The first kappa shape index (κ1) is 7.30. The van der Waals surface area contributed by atoms with Crippen LogP contribution < -0.4 is 5.73 Å². The van der Waals surface area contributed by atoms with Gasteiger partial charge in [0.2, 0.25) is 5.13 Å². The largest absolute Gasteiger partial charge is 0.384 e. The van der Waals surface area contributed by atoms with Crippen molar-refractivity contribution in [2.75, 3.05) is 5.73 Å². The average Bonchev–Trinajstić information content (AvgIpc) is 2.58. The van der Waals surface area contributed by atoms with E-state index in [0.29, 0.717) is 5.82 Å². The third-order valence-electron chi connectivity index (χ3n) is 1.46. The Morgan fingerprint density at radius 3 is 2.92 bits per heavy atom. The van der Waals surface area contributed by atoms with Crippen molar-refractivity contribution in [1.29, 1.82) is 0 Å². The van der Waals surface area contributed by atoms with E-state index in [4.69, 9.17) is 5.73 Å². The van der Waals surface area contributed by atoms with Crippen LogP contribution in [0.15, 0.2) is 17.6 Å². The van der Waals surface area contributed by atoms with E-state index in [0.717, 1.165) is 10.8 Å². The van der Waals surface area contributed by atoms with Gasteiger partial charge in [-0.15, -0.1) is 11.3 Å². The van der Waals surface area contributed by atoms with Crippen LogP contribution in [0.5, 0.6) is 0 Å². The Kier molecular flexibility index (Phi) is 1.58. The maximum atomic E-state index is 5.65. The second-order valence-corrected chi connectivity index (χ2v) is 3.28. The van der Waals surface area contributed by atoms with Crippen LogP contribution in [0.1, 0.15) is 5.69 Å². The molecule has 5 heteroatoms. The zero-order valence-corrected chi connectivity index (χ0v) is 7.38. The Morgan fingerprint density at radius 1 is 1.58 bits per heavy atom. The van der Waals surface area contributed by atoms with Gasteiger partial charge in [0.15, 0.2) is 0 Å². The van der Waals surface area contributed by atoms with E-state index in [1.165, 1.54) is 11.3 Å². The number of aryl methyl sites for hydroxylation is 1. The lowest BCUT2D eigenvalue weighted by Gasteiger charge is -1.96. The first-order chi connectivity index (χ1) is 5.77. The van der Waals surface area contributed by atoms with Gasteiger partial charge in [-0.1, -0.05) is 0 Å². The van der Waals surface area contributed by atoms with Gasteiger partial charge < -0.3 is 5.73 Å². The van der Waals surface area contributed by atoms with Crippen LogP contribution in [0.3, 0.4) is 0 Å². The van der Waals surface area contributed by atoms with Gasteiger partial charge in [0.05, 0.1) is 11.9 Å². The third-order valence-corrected chi connectivity index (χ3v) is 2.39. The smallest absolute Gasteiger partial charge is 0.212 e. The quantitative estimate of drug-likeness (QED) is 0.717. The van der Waals surface area contributed by atoms with E-state index in [1.54, 1.807) is 16.9 Å². The molecule has 2 rings (SSSR count).